The molecular weight excluding hydrogens is 164 g/mol. The van der Waals surface area contributed by atoms with Gasteiger partial charge in [-0.05, 0) is 39.3 Å². The highest BCUT2D eigenvalue weighted by Crippen LogP contribution is 1.92. The second-order valence-corrected chi connectivity index (χ2v) is 3.45. The highest BCUT2D eigenvalue weighted by atomic mass is 16.2. The van der Waals surface area contributed by atoms with E-state index < -0.39 is 0 Å². The third-order valence-electron chi connectivity index (χ3n) is 2.03. The van der Waals surface area contributed by atoms with Crippen LogP contribution in [0, 0.1) is 0 Å². The number of hydrogen-bond acceptors (Lipinski definition) is 3. The zero-order valence-electron chi connectivity index (χ0n) is 8.97. The van der Waals surface area contributed by atoms with Crippen LogP contribution in [0.1, 0.15) is 33.1 Å². The number of aliphatic hydroxyl groups is 1. The van der Waals surface area contributed by atoms with E-state index in [9.17, 15) is 0 Å². The van der Waals surface area contributed by atoms with Crippen molar-refractivity contribution in [1.29, 1.82) is 0 Å². The molecule has 0 aliphatic rings. The average molecular weight is 188 g/mol. The molecule has 80 valence electrons. The number of rotatable bonds is 9. The smallest absolute Gasteiger partial charge is 0.0431 e. The Kier molecular flexibility index (Phi) is 9.87. The summed E-state index contributed by atoms with van der Waals surface area (Å²) < 4.78 is 0. The van der Waals surface area contributed by atoms with Gasteiger partial charge in [-0.15, -0.1) is 0 Å². The van der Waals surface area contributed by atoms with Crippen LogP contribution in [0.25, 0.3) is 0 Å². The fourth-order valence-corrected chi connectivity index (χ4v) is 1.20. The van der Waals surface area contributed by atoms with Crippen LogP contribution in [0.2, 0.25) is 0 Å². The maximum atomic E-state index is 8.56. The van der Waals surface area contributed by atoms with E-state index in [1.807, 2.05) is 0 Å². The first-order valence-electron chi connectivity index (χ1n) is 5.36. The monoisotopic (exact) mass is 188 g/mol. The van der Waals surface area contributed by atoms with Crippen LogP contribution < -0.4 is 10.6 Å². The van der Waals surface area contributed by atoms with Gasteiger partial charge in [0.15, 0.2) is 0 Å². The van der Waals surface area contributed by atoms with Crippen LogP contribution >= 0.6 is 0 Å². The van der Waals surface area contributed by atoms with Crippen LogP contribution in [-0.2, 0) is 0 Å². The van der Waals surface area contributed by atoms with Gasteiger partial charge < -0.3 is 15.7 Å². The first-order valence-corrected chi connectivity index (χ1v) is 5.36. The maximum Gasteiger partial charge on any atom is 0.0431 e. The molecule has 13 heavy (non-hydrogen) atoms. The van der Waals surface area contributed by atoms with Crippen LogP contribution in [0.3, 0.4) is 0 Å². The van der Waals surface area contributed by atoms with Crippen LogP contribution in [0.15, 0.2) is 0 Å². The molecule has 0 aromatic carbocycles. The summed E-state index contributed by atoms with van der Waals surface area (Å²) >= 11 is 0. The van der Waals surface area contributed by atoms with Crippen molar-refractivity contribution in [3.05, 3.63) is 0 Å². The lowest BCUT2D eigenvalue weighted by molar-refractivity contribution is 0.282. The molecule has 0 aromatic heterocycles. The minimum Gasteiger partial charge on any atom is -0.396 e. The van der Waals surface area contributed by atoms with Gasteiger partial charge in [0.2, 0.25) is 0 Å². The maximum absolute atomic E-state index is 8.56. The van der Waals surface area contributed by atoms with E-state index in [-0.39, 0.29) is 0 Å². The summed E-state index contributed by atoms with van der Waals surface area (Å²) in [5, 5.41) is 15.3. The average Bonchev–Trinajstić information content (AvgIpc) is 2.14. The van der Waals surface area contributed by atoms with Gasteiger partial charge in [0.05, 0.1) is 0 Å². The van der Waals surface area contributed by atoms with Gasteiger partial charge in [-0.25, -0.2) is 0 Å². The Bertz CT molecular complexity index is 98.9. The van der Waals surface area contributed by atoms with E-state index in [1.54, 1.807) is 0 Å². The lowest BCUT2D eigenvalue weighted by Gasteiger charge is -2.13. The summed E-state index contributed by atoms with van der Waals surface area (Å²) in [6.45, 7) is 7.77. The molecule has 3 N–H and O–H groups in total. The molecule has 3 nitrogen and oxygen atoms in total. The Morgan fingerprint density at radius 2 is 2.00 bits per heavy atom. The molecule has 0 radical (unpaired) electrons. The third-order valence-corrected chi connectivity index (χ3v) is 2.03. The molecule has 0 amide bonds. The fraction of sp³-hybridized carbons (Fsp3) is 1.00. The predicted molar refractivity (Wildman–Crippen MR) is 56.9 cm³/mol. The molecule has 1 atom stereocenters. The molecule has 0 aliphatic heterocycles. The number of hydrogen-bond donors (Lipinski definition) is 3. The highest BCUT2D eigenvalue weighted by molar-refractivity contribution is 4.62. The van der Waals surface area contributed by atoms with Crippen LogP contribution in [0.4, 0.5) is 0 Å². The third kappa shape index (κ3) is 9.80. The van der Waals surface area contributed by atoms with E-state index in [2.05, 4.69) is 24.5 Å². The molecule has 0 rings (SSSR count). The summed E-state index contributed by atoms with van der Waals surface area (Å²) in [7, 11) is 0. The molecule has 0 aliphatic carbocycles. The lowest BCUT2D eigenvalue weighted by atomic mass is 10.2. The van der Waals surface area contributed by atoms with Crippen molar-refractivity contribution in [2.75, 3.05) is 26.2 Å². The number of likely N-dealkylation sites (N-methyl/N-ethyl adjacent to an activating group) is 1. The van der Waals surface area contributed by atoms with Crippen molar-refractivity contribution in [2.24, 2.45) is 0 Å². The molecule has 0 heterocycles. The molecule has 0 fully saturated rings. The molecule has 0 aromatic rings. The van der Waals surface area contributed by atoms with E-state index in [0.29, 0.717) is 12.6 Å². The molecule has 0 saturated carbocycles. The summed E-state index contributed by atoms with van der Waals surface area (Å²) in [6, 6.07) is 0.550. The first-order chi connectivity index (χ1) is 6.31. The Hall–Kier alpha value is -0.120. The minimum atomic E-state index is 0.326. The van der Waals surface area contributed by atoms with E-state index in [1.165, 1.54) is 0 Å². The SMILES string of the molecule is CCNCC(C)NCCCCCO. The Labute approximate surface area is 81.9 Å². The first kappa shape index (κ1) is 12.9. The second kappa shape index (κ2) is 9.96. The summed E-state index contributed by atoms with van der Waals surface area (Å²) in [6.07, 6.45) is 3.22. The van der Waals surface area contributed by atoms with E-state index >= 15 is 0 Å². The number of nitrogens with one attached hydrogen (secondary N) is 2. The molecule has 3 heteroatoms. The topological polar surface area (TPSA) is 44.3 Å². The van der Waals surface area contributed by atoms with Crippen molar-refractivity contribution >= 4 is 0 Å². The molecule has 1 unspecified atom stereocenters. The van der Waals surface area contributed by atoms with E-state index in [0.717, 1.165) is 38.9 Å². The quantitative estimate of drug-likeness (QED) is 0.468. The Morgan fingerprint density at radius 1 is 1.23 bits per heavy atom. The van der Waals surface area contributed by atoms with Crippen molar-refractivity contribution in [2.45, 2.75) is 39.2 Å². The van der Waals surface area contributed by atoms with Crippen LogP contribution in [-0.4, -0.2) is 37.4 Å². The minimum absolute atomic E-state index is 0.326. The Morgan fingerprint density at radius 3 is 2.62 bits per heavy atom. The second-order valence-electron chi connectivity index (χ2n) is 3.45. The predicted octanol–water partition coefficient (Wildman–Crippen LogP) is 0.737. The molecular formula is C10H24N2O. The summed E-state index contributed by atoms with van der Waals surface area (Å²) in [5.74, 6) is 0. The zero-order chi connectivity index (χ0) is 9.94. The summed E-state index contributed by atoms with van der Waals surface area (Å²) in [4.78, 5) is 0. The highest BCUT2D eigenvalue weighted by Gasteiger charge is 1.98. The number of aliphatic hydroxyl groups excluding tert-OH is 1. The largest absolute Gasteiger partial charge is 0.396 e. The van der Waals surface area contributed by atoms with Gasteiger partial charge >= 0.3 is 0 Å². The van der Waals surface area contributed by atoms with Gasteiger partial charge in [-0.3, -0.25) is 0 Å². The van der Waals surface area contributed by atoms with Gasteiger partial charge in [-0.1, -0.05) is 6.92 Å². The normalized spacial score (nSPS) is 13.2. The van der Waals surface area contributed by atoms with Gasteiger partial charge in [-0.2, -0.15) is 0 Å². The van der Waals surface area contributed by atoms with Crippen molar-refractivity contribution in [3.8, 4) is 0 Å². The van der Waals surface area contributed by atoms with Crippen LogP contribution in [0.5, 0.6) is 0 Å². The van der Waals surface area contributed by atoms with E-state index in [4.69, 9.17) is 5.11 Å². The fourth-order valence-electron chi connectivity index (χ4n) is 1.20. The van der Waals surface area contributed by atoms with Crippen molar-refractivity contribution < 1.29 is 5.11 Å². The molecule has 0 spiro atoms. The van der Waals surface area contributed by atoms with Gasteiger partial charge in [0.25, 0.3) is 0 Å². The number of unbranched alkanes of at least 4 members (excludes halogenated alkanes) is 2. The Balaban J connectivity index is 3.03. The summed E-state index contributed by atoms with van der Waals surface area (Å²) in [5.41, 5.74) is 0. The lowest BCUT2D eigenvalue weighted by Crippen LogP contribution is -2.36. The van der Waals surface area contributed by atoms with Gasteiger partial charge in [0, 0.05) is 19.2 Å². The molecule has 0 bridgehead atoms. The van der Waals surface area contributed by atoms with Gasteiger partial charge in [0.1, 0.15) is 0 Å². The standard InChI is InChI=1S/C10H24N2O/c1-3-11-9-10(2)12-7-5-4-6-8-13/h10-13H,3-9H2,1-2H3. The van der Waals surface area contributed by atoms with Crippen molar-refractivity contribution in [1.82, 2.24) is 10.6 Å². The van der Waals surface area contributed by atoms with Crippen molar-refractivity contribution in [3.63, 3.8) is 0 Å². The zero-order valence-corrected chi connectivity index (χ0v) is 8.97. The molecule has 0 saturated heterocycles.